The molecule has 0 aromatic rings. The normalized spacial score (nSPS) is 45.5. The van der Waals surface area contributed by atoms with Gasteiger partial charge in [0.25, 0.3) is 0 Å². The molecule has 0 amide bonds. The molecule has 2 nitrogen and oxygen atoms in total. The minimum atomic E-state index is 0.175. The summed E-state index contributed by atoms with van der Waals surface area (Å²) in [6, 6.07) is 0. The molecule has 3 rings (SSSR count). The Kier molecular flexibility index (Phi) is 2.99. The van der Waals surface area contributed by atoms with Crippen molar-refractivity contribution >= 4 is 0 Å². The second-order valence-corrected chi connectivity index (χ2v) is 6.98. The van der Waals surface area contributed by atoms with Crippen molar-refractivity contribution in [3.8, 4) is 0 Å². The summed E-state index contributed by atoms with van der Waals surface area (Å²) in [4.78, 5) is 0. The Morgan fingerprint density at radius 3 is 2.35 bits per heavy atom. The topological polar surface area (TPSA) is 21.3 Å². The molecule has 1 heterocycles. The minimum Gasteiger partial charge on any atom is -0.366 e. The highest BCUT2D eigenvalue weighted by Crippen LogP contribution is 2.46. The number of hydrogen-bond acceptors (Lipinski definition) is 2. The van der Waals surface area contributed by atoms with Crippen LogP contribution in [0, 0.1) is 11.8 Å². The van der Waals surface area contributed by atoms with Gasteiger partial charge in [-0.25, -0.2) is 0 Å². The molecule has 2 heteroatoms. The van der Waals surface area contributed by atoms with E-state index in [2.05, 4.69) is 19.2 Å². The molecule has 2 aliphatic carbocycles. The first-order chi connectivity index (χ1) is 8.13. The maximum absolute atomic E-state index is 6.72. The average Bonchev–Trinajstić information content (AvgIpc) is 2.72. The van der Waals surface area contributed by atoms with Crippen LogP contribution >= 0.6 is 0 Å². The predicted octanol–water partition coefficient (Wildman–Crippen LogP) is 3.11. The first-order valence-corrected chi connectivity index (χ1v) is 7.54. The molecule has 1 aliphatic heterocycles. The molecule has 3 unspecified atom stereocenters. The summed E-state index contributed by atoms with van der Waals surface area (Å²) < 4.78 is 6.72. The largest absolute Gasteiger partial charge is 0.366 e. The molecular formula is C15H27NO. The molecule has 1 saturated heterocycles. The van der Waals surface area contributed by atoms with Crippen molar-refractivity contribution in [2.24, 2.45) is 11.8 Å². The van der Waals surface area contributed by atoms with E-state index in [1.807, 2.05) is 0 Å². The molecule has 3 aliphatic rings. The van der Waals surface area contributed by atoms with E-state index in [4.69, 9.17) is 4.74 Å². The molecule has 1 N–H and O–H groups in total. The van der Waals surface area contributed by atoms with Crippen molar-refractivity contribution < 1.29 is 4.74 Å². The van der Waals surface area contributed by atoms with E-state index >= 15 is 0 Å². The lowest BCUT2D eigenvalue weighted by molar-refractivity contribution is -0.197. The first kappa shape index (κ1) is 12.0. The van der Waals surface area contributed by atoms with Gasteiger partial charge in [-0.15, -0.1) is 0 Å². The molecule has 17 heavy (non-hydrogen) atoms. The van der Waals surface area contributed by atoms with Gasteiger partial charge < -0.3 is 10.1 Å². The molecule has 0 aromatic carbocycles. The van der Waals surface area contributed by atoms with E-state index in [-0.39, 0.29) is 11.2 Å². The first-order valence-electron chi connectivity index (χ1n) is 7.54. The zero-order chi connectivity index (χ0) is 11.9. The van der Waals surface area contributed by atoms with E-state index in [1.165, 1.54) is 44.9 Å². The Morgan fingerprint density at radius 1 is 0.941 bits per heavy atom. The van der Waals surface area contributed by atoms with Crippen LogP contribution in [-0.4, -0.2) is 24.3 Å². The van der Waals surface area contributed by atoms with E-state index in [1.54, 1.807) is 0 Å². The smallest absolute Gasteiger partial charge is 0.0817 e. The van der Waals surface area contributed by atoms with Gasteiger partial charge in [0.15, 0.2) is 0 Å². The number of morpholine rings is 1. The highest BCUT2D eigenvalue weighted by Gasteiger charge is 2.49. The summed E-state index contributed by atoms with van der Waals surface area (Å²) in [7, 11) is 0. The highest BCUT2D eigenvalue weighted by molar-refractivity contribution is 5.01. The molecule has 0 radical (unpaired) electrons. The fraction of sp³-hybridized carbons (Fsp3) is 1.00. The van der Waals surface area contributed by atoms with Gasteiger partial charge >= 0.3 is 0 Å². The summed E-state index contributed by atoms with van der Waals surface area (Å²) in [5.41, 5.74) is 0.382. The van der Waals surface area contributed by atoms with Crippen LogP contribution in [0.4, 0.5) is 0 Å². The summed E-state index contributed by atoms with van der Waals surface area (Å²) in [6.07, 6.45) is 9.18. The lowest BCUT2D eigenvalue weighted by Crippen LogP contribution is -2.61. The van der Waals surface area contributed by atoms with Crippen LogP contribution < -0.4 is 5.32 Å². The van der Waals surface area contributed by atoms with Gasteiger partial charge in [-0.05, 0) is 43.9 Å². The van der Waals surface area contributed by atoms with Gasteiger partial charge in [-0.1, -0.05) is 26.7 Å². The van der Waals surface area contributed by atoms with Crippen molar-refractivity contribution in [3.05, 3.63) is 0 Å². The number of hydrogen-bond donors (Lipinski definition) is 1. The van der Waals surface area contributed by atoms with E-state index in [0.29, 0.717) is 0 Å². The quantitative estimate of drug-likeness (QED) is 0.699. The minimum absolute atomic E-state index is 0.175. The van der Waals surface area contributed by atoms with Gasteiger partial charge in [0.05, 0.1) is 11.2 Å². The van der Waals surface area contributed by atoms with Crippen LogP contribution in [0.2, 0.25) is 0 Å². The van der Waals surface area contributed by atoms with Crippen LogP contribution in [0.1, 0.15) is 58.8 Å². The van der Waals surface area contributed by atoms with Gasteiger partial charge in [0.2, 0.25) is 0 Å². The Bertz CT molecular complexity index is 285. The van der Waals surface area contributed by atoms with Crippen LogP contribution in [0.3, 0.4) is 0 Å². The summed E-state index contributed by atoms with van der Waals surface area (Å²) in [5, 5.41) is 3.69. The third-order valence-electron chi connectivity index (χ3n) is 5.56. The van der Waals surface area contributed by atoms with Gasteiger partial charge in [-0.2, -0.15) is 0 Å². The molecule has 0 aromatic heterocycles. The molecule has 3 fully saturated rings. The molecule has 3 atom stereocenters. The average molecular weight is 237 g/mol. The summed E-state index contributed by atoms with van der Waals surface area (Å²) in [5.74, 6) is 1.70. The number of nitrogens with one attached hydrogen (secondary N) is 1. The lowest BCUT2D eigenvalue weighted by atomic mass is 9.72. The van der Waals surface area contributed by atoms with E-state index in [0.717, 1.165) is 24.9 Å². The monoisotopic (exact) mass is 237 g/mol. The van der Waals surface area contributed by atoms with Crippen molar-refractivity contribution in [3.63, 3.8) is 0 Å². The zero-order valence-corrected chi connectivity index (χ0v) is 11.4. The van der Waals surface area contributed by atoms with Gasteiger partial charge in [0, 0.05) is 13.1 Å². The van der Waals surface area contributed by atoms with Crippen molar-refractivity contribution in [2.45, 2.75) is 70.0 Å². The maximum Gasteiger partial charge on any atom is 0.0817 e. The summed E-state index contributed by atoms with van der Waals surface area (Å²) >= 11 is 0. The Balaban J connectivity index is 1.74. The number of rotatable bonds is 0. The number of ether oxygens (including phenoxy) is 1. The van der Waals surface area contributed by atoms with Crippen molar-refractivity contribution in [1.29, 1.82) is 0 Å². The van der Waals surface area contributed by atoms with Crippen LogP contribution in [0.15, 0.2) is 0 Å². The van der Waals surface area contributed by atoms with Crippen molar-refractivity contribution in [2.75, 3.05) is 13.1 Å². The second kappa shape index (κ2) is 4.24. The molecule has 2 saturated carbocycles. The molecular weight excluding hydrogens is 210 g/mol. The third-order valence-corrected chi connectivity index (χ3v) is 5.56. The Morgan fingerprint density at radius 2 is 1.65 bits per heavy atom. The van der Waals surface area contributed by atoms with E-state index in [9.17, 15) is 0 Å². The standard InChI is InChI=1S/C15H27NO/c1-12-5-8-15(9-13(12)2)11-16-10-14(17-15)6-3-4-7-14/h12-13,16H,3-11H2,1-2H3. The van der Waals surface area contributed by atoms with Crippen LogP contribution in [0.5, 0.6) is 0 Å². The SMILES string of the molecule is CC1CCC2(CNCC3(CCCC3)O2)CC1C. The lowest BCUT2D eigenvalue weighted by Gasteiger charge is -2.51. The third kappa shape index (κ3) is 2.15. The van der Waals surface area contributed by atoms with E-state index < -0.39 is 0 Å². The zero-order valence-electron chi connectivity index (χ0n) is 11.4. The molecule has 2 spiro atoms. The second-order valence-electron chi connectivity index (χ2n) is 6.98. The maximum atomic E-state index is 6.72. The fourth-order valence-electron chi connectivity index (χ4n) is 4.27. The van der Waals surface area contributed by atoms with Gasteiger partial charge in [-0.3, -0.25) is 0 Å². The van der Waals surface area contributed by atoms with Gasteiger partial charge in [0.1, 0.15) is 0 Å². The van der Waals surface area contributed by atoms with Crippen molar-refractivity contribution in [1.82, 2.24) is 5.32 Å². The fourth-order valence-corrected chi connectivity index (χ4v) is 4.27. The van der Waals surface area contributed by atoms with Crippen LogP contribution in [0.25, 0.3) is 0 Å². The van der Waals surface area contributed by atoms with Crippen LogP contribution in [-0.2, 0) is 4.74 Å². The predicted molar refractivity (Wildman–Crippen MR) is 70.1 cm³/mol. The molecule has 98 valence electrons. The molecule has 0 bridgehead atoms. The Labute approximate surface area is 105 Å². The Hall–Kier alpha value is -0.0800. The summed E-state index contributed by atoms with van der Waals surface area (Å²) in [6.45, 7) is 6.99. The highest BCUT2D eigenvalue weighted by atomic mass is 16.5.